The van der Waals surface area contributed by atoms with Crippen molar-refractivity contribution in [1.82, 2.24) is 4.98 Å². The summed E-state index contributed by atoms with van der Waals surface area (Å²) in [5.41, 5.74) is 2.28. The van der Waals surface area contributed by atoms with Gasteiger partial charge >= 0.3 is 0 Å². The van der Waals surface area contributed by atoms with Gasteiger partial charge in [0.25, 0.3) is 0 Å². The Kier molecular flexibility index (Phi) is 2.72. The lowest BCUT2D eigenvalue weighted by molar-refractivity contribution is 1.30. The maximum Gasteiger partial charge on any atom is 0.109 e. The molecule has 0 aliphatic carbocycles. The molecule has 1 aromatic heterocycles. The molecular weight excluding hydrogens is 169 g/mol. The van der Waals surface area contributed by atoms with Crippen LogP contribution in [-0.4, -0.2) is 4.98 Å². The largest absolute Gasteiger partial charge is 0.252 e. The molecule has 1 radical (unpaired) electrons. The highest BCUT2D eigenvalue weighted by molar-refractivity contribution is 6.30. The fourth-order valence-electron chi connectivity index (χ4n) is 0.548. The van der Waals surface area contributed by atoms with Gasteiger partial charge in [0.15, 0.2) is 0 Å². The van der Waals surface area contributed by atoms with Crippen LogP contribution in [0.15, 0.2) is 17.8 Å². The predicted octanol–water partition coefficient (Wildman–Crippen LogP) is 2.74. The summed E-state index contributed by atoms with van der Waals surface area (Å²) in [5.74, 6) is 0. The summed E-state index contributed by atoms with van der Waals surface area (Å²) in [4.78, 5) is 3.74. The minimum atomic E-state index is 0.493. The quantitative estimate of drug-likeness (QED) is 0.636. The average Bonchev–Trinajstić information content (AvgIpc) is 1.88. The minimum absolute atomic E-state index is 0.493. The van der Waals surface area contributed by atoms with E-state index < -0.39 is 0 Å². The predicted molar refractivity (Wildman–Crippen MR) is 43.0 cm³/mol. The zero-order chi connectivity index (χ0) is 7.40. The van der Waals surface area contributed by atoms with Gasteiger partial charge < -0.3 is 0 Å². The highest BCUT2D eigenvalue weighted by Crippen LogP contribution is 2.08. The molecule has 0 fully saturated rings. The third-order valence-corrected chi connectivity index (χ3v) is 1.25. The summed E-state index contributed by atoms with van der Waals surface area (Å²) >= 11 is 10.9. The molecule has 0 bridgehead atoms. The van der Waals surface area contributed by atoms with Crippen molar-refractivity contribution in [3.8, 4) is 0 Å². The van der Waals surface area contributed by atoms with Crippen molar-refractivity contribution >= 4 is 29.3 Å². The van der Waals surface area contributed by atoms with Crippen LogP contribution in [0.1, 0.15) is 5.56 Å². The lowest BCUT2D eigenvalue weighted by Crippen LogP contribution is -1.75. The normalized spacial score (nSPS) is 10.6. The molecule has 0 unspecified atom stereocenters. The van der Waals surface area contributed by atoms with Gasteiger partial charge in [-0.1, -0.05) is 23.2 Å². The zero-order valence-corrected chi connectivity index (χ0v) is 6.52. The van der Waals surface area contributed by atoms with Crippen LogP contribution >= 0.6 is 23.2 Å². The van der Waals surface area contributed by atoms with Crippen molar-refractivity contribution in [2.75, 3.05) is 0 Å². The average molecular weight is 173 g/mol. The van der Waals surface area contributed by atoms with E-state index >= 15 is 0 Å². The first-order chi connectivity index (χ1) is 4.83. The first kappa shape index (κ1) is 7.58. The Morgan fingerprint density at radius 3 is 3.00 bits per heavy atom. The van der Waals surface area contributed by atoms with Gasteiger partial charge in [0.1, 0.15) is 6.20 Å². The molecular formula is C7H4Cl2N. The molecule has 0 aliphatic rings. The van der Waals surface area contributed by atoms with Gasteiger partial charge in [-0.25, -0.2) is 0 Å². The van der Waals surface area contributed by atoms with Crippen LogP contribution in [0, 0.1) is 6.20 Å². The molecule has 1 nitrogen and oxygen atoms in total. The number of pyridine rings is 1. The number of halogens is 2. The second-order valence-corrected chi connectivity index (χ2v) is 2.31. The number of aromatic nitrogens is 1. The van der Waals surface area contributed by atoms with E-state index in [2.05, 4.69) is 11.2 Å². The van der Waals surface area contributed by atoms with Crippen molar-refractivity contribution in [1.29, 1.82) is 0 Å². The van der Waals surface area contributed by atoms with Gasteiger partial charge in [-0.2, -0.15) is 0 Å². The van der Waals surface area contributed by atoms with Gasteiger partial charge in [0, 0.05) is 11.7 Å². The van der Waals surface area contributed by atoms with Crippen molar-refractivity contribution in [2.45, 2.75) is 0 Å². The standard InChI is InChI=1S/C7H4Cl2N/c8-2-1-6-3-7(9)5-10-4-6/h1-4H/b2-1+. The molecule has 0 amide bonds. The van der Waals surface area contributed by atoms with Gasteiger partial charge in [-0.05, 0) is 17.7 Å². The Labute approximate surface area is 69.3 Å². The molecule has 1 aromatic rings. The van der Waals surface area contributed by atoms with Crippen LogP contribution in [0.4, 0.5) is 0 Å². The summed E-state index contributed by atoms with van der Waals surface area (Å²) in [6.45, 7) is 0. The number of hydrogen-bond donors (Lipinski definition) is 0. The molecule has 0 saturated carbocycles. The van der Waals surface area contributed by atoms with Crippen LogP contribution in [0.25, 0.3) is 6.08 Å². The van der Waals surface area contributed by atoms with Crippen molar-refractivity contribution < 1.29 is 0 Å². The van der Waals surface area contributed by atoms with Gasteiger partial charge in [-0.15, -0.1) is 0 Å². The molecule has 0 aliphatic heterocycles. The van der Waals surface area contributed by atoms with E-state index in [4.69, 9.17) is 23.2 Å². The number of hydrogen-bond acceptors (Lipinski definition) is 1. The molecule has 0 spiro atoms. The first-order valence-corrected chi connectivity index (χ1v) is 3.44. The summed E-state index contributed by atoms with van der Waals surface area (Å²) in [6.07, 6.45) is 5.90. The Bertz CT molecular complexity index is 245. The maximum absolute atomic E-state index is 5.59. The van der Waals surface area contributed by atoms with E-state index in [-0.39, 0.29) is 0 Å². The van der Waals surface area contributed by atoms with Gasteiger partial charge in [-0.3, -0.25) is 4.98 Å². The number of rotatable bonds is 1. The zero-order valence-electron chi connectivity index (χ0n) is 5.01. The van der Waals surface area contributed by atoms with Crippen molar-refractivity contribution in [3.63, 3.8) is 0 Å². The van der Waals surface area contributed by atoms with Crippen LogP contribution in [0.5, 0.6) is 0 Å². The van der Waals surface area contributed by atoms with E-state index in [1.807, 2.05) is 0 Å². The highest BCUT2D eigenvalue weighted by atomic mass is 35.5. The Morgan fingerprint density at radius 1 is 1.60 bits per heavy atom. The molecule has 0 atom stereocenters. The summed E-state index contributed by atoms with van der Waals surface area (Å²) < 4.78 is 0. The Hall–Kier alpha value is -0.530. The van der Waals surface area contributed by atoms with E-state index in [1.165, 1.54) is 5.54 Å². The van der Waals surface area contributed by atoms with Crippen LogP contribution < -0.4 is 0 Å². The molecule has 0 N–H and O–H groups in total. The highest BCUT2D eigenvalue weighted by Gasteiger charge is 1.88. The van der Waals surface area contributed by atoms with E-state index in [0.29, 0.717) is 5.02 Å². The van der Waals surface area contributed by atoms with E-state index in [9.17, 15) is 0 Å². The Morgan fingerprint density at radius 2 is 2.40 bits per heavy atom. The maximum atomic E-state index is 5.59. The van der Waals surface area contributed by atoms with Crippen LogP contribution in [0.2, 0.25) is 5.02 Å². The van der Waals surface area contributed by atoms with Gasteiger partial charge in [0.05, 0.1) is 5.02 Å². The Balaban J connectivity index is 2.95. The SMILES string of the molecule is Cl/C=C/c1cn[c]c(Cl)c1. The van der Waals surface area contributed by atoms with E-state index in [1.54, 1.807) is 18.3 Å². The lowest BCUT2D eigenvalue weighted by atomic mass is 10.3. The molecule has 51 valence electrons. The summed E-state index contributed by atoms with van der Waals surface area (Å²) in [7, 11) is 0. The topological polar surface area (TPSA) is 12.9 Å². The molecule has 1 rings (SSSR count). The second kappa shape index (κ2) is 3.59. The molecule has 0 aromatic carbocycles. The smallest absolute Gasteiger partial charge is 0.109 e. The third-order valence-electron chi connectivity index (χ3n) is 0.934. The molecule has 10 heavy (non-hydrogen) atoms. The monoisotopic (exact) mass is 172 g/mol. The van der Waals surface area contributed by atoms with Crippen LogP contribution in [0.3, 0.4) is 0 Å². The second-order valence-electron chi connectivity index (χ2n) is 1.65. The van der Waals surface area contributed by atoms with Crippen molar-refractivity contribution in [3.05, 3.63) is 34.6 Å². The third kappa shape index (κ3) is 2.01. The summed E-state index contributed by atoms with van der Waals surface area (Å²) in [5, 5.41) is 0.493. The van der Waals surface area contributed by atoms with Gasteiger partial charge in [0.2, 0.25) is 0 Å². The molecule has 0 saturated heterocycles. The molecule has 3 heteroatoms. The first-order valence-electron chi connectivity index (χ1n) is 2.63. The lowest BCUT2D eigenvalue weighted by Gasteiger charge is -1.89. The number of nitrogens with zero attached hydrogens (tertiary/aromatic N) is 1. The fourth-order valence-corrected chi connectivity index (χ4v) is 0.868. The van der Waals surface area contributed by atoms with Crippen molar-refractivity contribution in [2.24, 2.45) is 0 Å². The minimum Gasteiger partial charge on any atom is -0.252 e. The van der Waals surface area contributed by atoms with Crippen LogP contribution in [-0.2, 0) is 0 Å². The molecule has 1 heterocycles. The fraction of sp³-hybridized carbons (Fsp3) is 0. The van der Waals surface area contributed by atoms with E-state index in [0.717, 1.165) is 5.56 Å². The summed E-state index contributed by atoms with van der Waals surface area (Å²) in [6, 6.07) is 1.73.